The van der Waals surface area contributed by atoms with E-state index in [0.717, 1.165) is 26.9 Å². The minimum Gasteiger partial charge on any atom is -0.456 e. The van der Waals surface area contributed by atoms with Gasteiger partial charge in [0.1, 0.15) is 17.1 Å². The van der Waals surface area contributed by atoms with E-state index in [1.54, 1.807) is 54.6 Å². The lowest BCUT2D eigenvalue weighted by Gasteiger charge is -2.13. The normalized spacial score (nSPS) is 13.0. The molecule has 13 heteroatoms. The lowest BCUT2D eigenvalue weighted by molar-refractivity contribution is -0.400. The van der Waals surface area contributed by atoms with Crippen molar-refractivity contribution in [3.05, 3.63) is 125 Å². The van der Waals surface area contributed by atoms with Gasteiger partial charge in [-0.1, -0.05) is 54.1 Å². The topological polar surface area (TPSA) is 90.8 Å². The van der Waals surface area contributed by atoms with Crippen molar-refractivity contribution in [1.29, 1.82) is 0 Å². The number of benzene rings is 4. The van der Waals surface area contributed by atoms with E-state index in [2.05, 4.69) is 4.99 Å². The quantitative estimate of drug-likeness (QED) is 0.0817. The predicted molar refractivity (Wildman–Crippen MR) is 159 cm³/mol. The van der Waals surface area contributed by atoms with Gasteiger partial charge in [-0.05, 0) is 42.5 Å². The van der Waals surface area contributed by atoms with Crippen LogP contribution >= 0.6 is 11.6 Å². The van der Waals surface area contributed by atoms with E-state index >= 15 is 0 Å². The van der Waals surface area contributed by atoms with Gasteiger partial charge in [-0.25, -0.2) is 4.99 Å². The third-order valence-electron chi connectivity index (χ3n) is 6.57. The van der Waals surface area contributed by atoms with Crippen LogP contribution in [0.3, 0.4) is 0 Å². The first-order valence-electron chi connectivity index (χ1n) is 13.5. The number of hydrogen-bond donors (Lipinski definition) is 1. The Hall–Kier alpha value is -5.23. The van der Waals surface area contributed by atoms with Gasteiger partial charge in [0.15, 0.2) is 0 Å². The molecule has 1 N–H and O–H groups in total. The van der Waals surface area contributed by atoms with Gasteiger partial charge < -0.3 is 26.4 Å². The lowest BCUT2D eigenvalue weighted by Crippen LogP contribution is -2.70. The number of ether oxygens (including phenoxy) is 1. The van der Waals surface area contributed by atoms with Crippen molar-refractivity contribution in [2.75, 3.05) is 6.54 Å². The number of carbonyl (C=O) groups is 3. The fraction of sp³-hybridized carbons (Fsp3) is 0.0625. The summed E-state index contributed by atoms with van der Waals surface area (Å²) in [6, 6.07) is 30.7. The van der Waals surface area contributed by atoms with Gasteiger partial charge in [-0.2, -0.15) is 0 Å². The molecule has 2 heterocycles. The van der Waals surface area contributed by atoms with E-state index in [1.165, 1.54) is 0 Å². The Labute approximate surface area is 258 Å². The summed E-state index contributed by atoms with van der Waals surface area (Å²) in [4.78, 5) is 42.0. The SMILES string of the molecule is F[B-](F)(F)F.O=C(CCN1C(=O)c2ccccc2C1=O)Oc1ccc([NH+]=c2cc(-c3ccccc3)oc3ccc(Cl)cc23)cc1. The molecule has 1 aliphatic rings. The molecular formula is C32H22BClF4N2O5. The molecule has 6 rings (SSSR count). The summed E-state index contributed by atoms with van der Waals surface area (Å²) >= 11 is 6.27. The minimum absolute atomic E-state index is 0.0523. The molecule has 0 radical (unpaired) electrons. The number of fused-ring (bicyclic) bond motifs is 2. The fourth-order valence-electron chi connectivity index (χ4n) is 4.60. The second-order valence-corrected chi connectivity index (χ2v) is 10.1. The molecule has 0 spiro atoms. The highest BCUT2D eigenvalue weighted by molar-refractivity contribution is 6.50. The molecule has 0 atom stereocenters. The average Bonchev–Trinajstić information content (AvgIpc) is 3.25. The molecule has 0 saturated carbocycles. The van der Waals surface area contributed by atoms with E-state index in [-0.39, 0.29) is 13.0 Å². The van der Waals surface area contributed by atoms with Crippen LogP contribution in [0.25, 0.3) is 22.3 Å². The van der Waals surface area contributed by atoms with E-state index < -0.39 is 25.0 Å². The molecule has 0 unspecified atom stereocenters. The van der Waals surface area contributed by atoms with E-state index in [9.17, 15) is 31.6 Å². The van der Waals surface area contributed by atoms with Crippen LogP contribution in [0.1, 0.15) is 27.1 Å². The third kappa shape index (κ3) is 7.84. The standard InChI is InChI=1S/C32H21ClN2O5.BF4/c33-21-10-15-28-26(18-21)27(19-29(40-28)20-6-2-1-3-7-20)34-22-11-13-23(14-12-22)39-30(36)16-17-35-31(37)24-8-4-5-9-25(24)32(35)38;2-1(3,4)5/h1-15,18-19H,16-17H2;/q;-1/p+1. The van der Waals surface area contributed by atoms with Crippen molar-refractivity contribution < 1.29 is 45.8 Å². The van der Waals surface area contributed by atoms with Crippen LogP contribution < -0.4 is 15.1 Å². The third-order valence-corrected chi connectivity index (χ3v) is 6.80. The van der Waals surface area contributed by atoms with Crippen LogP contribution in [0.4, 0.5) is 23.0 Å². The fourth-order valence-corrected chi connectivity index (χ4v) is 4.77. The first kappa shape index (κ1) is 31.2. The Morgan fingerprint density at radius 2 is 1.42 bits per heavy atom. The molecule has 2 amide bonds. The number of amides is 2. The molecule has 5 aromatic rings. The van der Waals surface area contributed by atoms with Crippen molar-refractivity contribution >= 4 is 53.3 Å². The highest BCUT2D eigenvalue weighted by Gasteiger charge is 2.35. The van der Waals surface area contributed by atoms with Gasteiger partial charge in [0.05, 0.1) is 29.0 Å². The maximum atomic E-state index is 12.5. The maximum Gasteiger partial charge on any atom is 0.673 e. The predicted octanol–water partition coefficient (Wildman–Crippen LogP) is 5.96. The molecule has 1 aliphatic heterocycles. The highest BCUT2D eigenvalue weighted by Crippen LogP contribution is 2.24. The largest absolute Gasteiger partial charge is 0.673 e. The molecular weight excluding hydrogens is 615 g/mol. The molecule has 0 bridgehead atoms. The Balaban J connectivity index is 0.000000743. The number of nitrogens with zero attached hydrogens (tertiary/aromatic N) is 1. The van der Waals surface area contributed by atoms with Gasteiger partial charge >= 0.3 is 13.2 Å². The Morgan fingerprint density at radius 1 is 0.822 bits per heavy atom. The zero-order valence-corrected chi connectivity index (χ0v) is 23.9. The summed E-state index contributed by atoms with van der Waals surface area (Å²) in [5.41, 5.74) is 3.07. The van der Waals surface area contributed by atoms with Crippen molar-refractivity contribution in [1.82, 2.24) is 4.90 Å². The van der Waals surface area contributed by atoms with E-state index in [0.29, 0.717) is 33.2 Å². The summed E-state index contributed by atoms with van der Waals surface area (Å²) < 4.78 is 50.6. The van der Waals surface area contributed by atoms with Crippen LogP contribution in [0, 0.1) is 0 Å². The first-order chi connectivity index (χ1) is 21.5. The monoisotopic (exact) mass is 636 g/mol. The van der Waals surface area contributed by atoms with Crippen LogP contribution in [-0.4, -0.2) is 36.5 Å². The molecule has 0 fully saturated rings. The molecule has 7 nitrogen and oxygen atoms in total. The molecule has 0 saturated heterocycles. The summed E-state index contributed by atoms with van der Waals surface area (Å²) in [5, 5.41) is 2.20. The van der Waals surface area contributed by atoms with Crippen LogP contribution in [-0.2, 0) is 4.79 Å². The molecule has 4 aromatic carbocycles. The van der Waals surface area contributed by atoms with Gasteiger partial charge in [0, 0.05) is 29.3 Å². The van der Waals surface area contributed by atoms with Gasteiger partial charge in [0.25, 0.3) is 11.8 Å². The summed E-state index contributed by atoms with van der Waals surface area (Å²) in [6.45, 7) is -0.0523. The zero-order valence-electron chi connectivity index (χ0n) is 23.2. The second kappa shape index (κ2) is 13.2. The number of esters is 1. The van der Waals surface area contributed by atoms with Gasteiger partial charge in [-0.15, -0.1) is 0 Å². The van der Waals surface area contributed by atoms with Gasteiger partial charge in [0.2, 0.25) is 11.0 Å². The Morgan fingerprint density at radius 3 is 2.04 bits per heavy atom. The summed E-state index contributed by atoms with van der Waals surface area (Å²) in [5.74, 6) is -0.306. The van der Waals surface area contributed by atoms with Crippen molar-refractivity contribution in [2.45, 2.75) is 6.42 Å². The first-order valence-corrected chi connectivity index (χ1v) is 13.9. The summed E-state index contributed by atoms with van der Waals surface area (Å²) in [6.07, 6.45) is -0.117. The van der Waals surface area contributed by atoms with Crippen molar-refractivity contribution in [2.24, 2.45) is 0 Å². The van der Waals surface area contributed by atoms with Crippen LogP contribution in [0.2, 0.25) is 5.02 Å². The molecule has 0 aliphatic carbocycles. The minimum atomic E-state index is -6.00. The molecule has 45 heavy (non-hydrogen) atoms. The molecule has 1 aromatic heterocycles. The number of rotatable bonds is 6. The van der Waals surface area contributed by atoms with Crippen molar-refractivity contribution in [3.63, 3.8) is 0 Å². The number of hydrogen-bond acceptors (Lipinski definition) is 5. The number of carbonyl (C=O) groups excluding carboxylic acids is 3. The van der Waals surface area contributed by atoms with Crippen LogP contribution in [0.5, 0.6) is 5.75 Å². The highest BCUT2D eigenvalue weighted by atomic mass is 35.5. The smallest absolute Gasteiger partial charge is 0.456 e. The van der Waals surface area contributed by atoms with E-state index in [4.69, 9.17) is 20.8 Å². The number of nitrogens with one attached hydrogen (secondary N) is 1. The Kier molecular flexibility index (Phi) is 9.15. The second-order valence-electron chi connectivity index (χ2n) is 9.71. The molecule has 228 valence electrons. The number of imide groups is 1. The van der Waals surface area contributed by atoms with Gasteiger partial charge in [-0.3, -0.25) is 19.3 Å². The zero-order chi connectivity index (χ0) is 32.1. The maximum absolute atomic E-state index is 12.5. The average molecular weight is 637 g/mol. The summed E-state index contributed by atoms with van der Waals surface area (Å²) in [7, 11) is -6.00. The number of halogens is 5. The van der Waals surface area contributed by atoms with E-state index in [1.807, 2.05) is 48.5 Å². The Bertz CT molecular complexity index is 1920. The van der Waals surface area contributed by atoms with Crippen LogP contribution in [0.15, 0.2) is 108 Å². The lowest BCUT2D eigenvalue weighted by atomic mass is 10.1. The van der Waals surface area contributed by atoms with Crippen molar-refractivity contribution in [3.8, 4) is 17.1 Å².